The number of nitrogens with one attached hydrogen (secondary N) is 2. The second-order valence-electron chi connectivity index (χ2n) is 5.41. The first-order valence-electron chi connectivity index (χ1n) is 7.22. The van der Waals surface area contributed by atoms with Crippen LogP contribution in [0.2, 0.25) is 0 Å². The van der Waals surface area contributed by atoms with E-state index in [0.29, 0.717) is 19.4 Å². The molecule has 0 bridgehead atoms. The summed E-state index contributed by atoms with van der Waals surface area (Å²) in [6, 6.07) is 11.1. The molecule has 1 unspecified atom stereocenters. The predicted octanol–water partition coefficient (Wildman–Crippen LogP) is 2.23. The molecule has 3 rings (SSSR count). The summed E-state index contributed by atoms with van der Waals surface area (Å²) in [4.78, 5) is 12.1. The third-order valence-electron chi connectivity index (χ3n) is 3.79. The average Bonchev–Trinajstić information content (AvgIpc) is 2.92. The van der Waals surface area contributed by atoms with Gasteiger partial charge in [0.05, 0.1) is 0 Å². The van der Waals surface area contributed by atoms with Gasteiger partial charge in [0.15, 0.2) is 0 Å². The summed E-state index contributed by atoms with van der Waals surface area (Å²) in [6.45, 7) is 0.520. The van der Waals surface area contributed by atoms with Crippen molar-refractivity contribution in [2.45, 2.75) is 18.9 Å². The van der Waals surface area contributed by atoms with Crippen molar-refractivity contribution in [3.05, 3.63) is 59.4 Å². The Bertz CT molecular complexity index is 686. The quantitative estimate of drug-likeness (QED) is 0.811. The van der Waals surface area contributed by atoms with Crippen LogP contribution < -0.4 is 10.6 Å². The Morgan fingerprint density at radius 2 is 2.05 bits per heavy atom. The number of phenols is 1. The standard InChI is InChI=1S/C17H17FN2O2/c18-13-3-6-15-12(9-13)10-16(20-15)17(22)19-8-7-11-1-4-14(21)5-2-11/h1-6,9,16,20-21H,7-8,10H2,(H,19,22). The SMILES string of the molecule is O=C(NCCc1ccc(O)cc1)C1Cc2cc(F)ccc2N1. The minimum atomic E-state index is -0.350. The Kier molecular flexibility index (Phi) is 3.96. The van der Waals surface area contributed by atoms with E-state index in [2.05, 4.69) is 10.6 Å². The van der Waals surface area contributed by atoms with Crippen LogP contribution in [0.3, 0.4) is 0 Å². The van der Waals surface area contributed by atoms with Gasteiger partial charge in [-0.2, -0.15) is 0 Å². The van der Waals surface area contributed by atoms with Gasteiger partial charge in [-0.05, 0) is 47.9 Å². The Morgan fingerprint density at radius 1 is 1.27 bits per heavy atom. The highest BCUT2D eigenvalue weighted by molar-refractivity contribution is 5.87. The lowest BCUT2D eigenvalue weighted by Crippen LogP contribution is -2.39. The number of anilines is 1. The van der Waals surface area contributed by atoms with E-state index in [1.165, 1.54) is 12.1 Å². The molecule has 0 aliphatic carbocycles. The van der Waals surface area contributed by atoms with Crippen LogP contribution in [0.25, 0.3) is 0 Å². The average molecular weight is 300 g/mol. The van der Waals surface area contributed by atoms with Crippen molar-refractivity contribution in [3.8, 4) is 5.75 Å². The van der Waals surface area contributed by atoms with Gasteiger partial charge >= 0.3 is 0 Å². The molecule has 2 aromatic rings. The van der Waals surface area contributed by atoms with Crippen molar-refractivity contribution in [2.24, 2.45) is 0 Å². The van der Waals surface area contributed by atoms with Crippen molar-refractivity contribution in [1.29, 1.82) is 0 Å². The monoisotopic (exact) mass is 300 g/mol. The minimum absolute atomic E-state index is 0.0876. The second kappa shape index (κ2) is 6.05. The molecule has 114 valence electrons. The first-order valence-corrected chi connectivity index (χ1v) is 7.22. The van der Waals surface area contributed by atoms with Crippen LogP contribution in [0, 0.1) is 5.82 Å². The number of rotatable bonds is 4. The molecule has 1 heterocycles. The smallest absolute Gasteiger partial charge is 0.242 e. The zero-order valence-corrected chi connectivity index (χ0v) is 12.0. The third kappa shape index (κ3) is 3.19. The number of benzene rings is 2. The number of fused-ring (bicyclic) bond motifs is 1. The van der Waals surface area contributed by atoms with Gasteiger partial charge in [0.25, 0.3) is 0 Å². The van der Waals surface area contributed by atoms with Gasteiger partial charge in [-0.25, -0.2) is 4.39 Å². The fourth-order valence-corrected chi connectivity index (χ4v) is 2.60. The second-order valence-corrected chi connectivity index (χ2v) is 5.41. The van der Waals surface area contributed by atoms with Crippen LogP contribution in [0.15, 0.2) is 42.5 Å². The van der Waals surface area contributed by atoms with E-state index in [4.69, 9.17) is 0 Å². The van der Waals surface area contributed by atoms with Crippen molar-refractivity contribution in [2.75, 3.05) is 11.9 Å². The number of phenolic OH excluding ortho intramolecular Hbond substituents is 1. The largest absolute Gasteiger partial charge is 0.508 e. The fraction of sp³-hybridized carbons (Fsp3) is 0.235. The topological polar surface area (TPSA) is 61.4 Å². The van der Waals surface area contributed by atoms with Crippen LogP contribution >= 0.6 is 0 Å². The molecule has 1 atom stereocenters. The number of carbonyl (C=O) groups is 1. The van der Waals surface area contributed by atoms with E-state index >= 15 is 0 Å². The maximum absolute atomic E-state index is 13.2. The van der Waals surface area contributed by atoms with E-state index < -0.39 is 0 Å². The normalized spacial score (nSPS) is 16.0. The molecule has 0 spiro atoms. The Labute approximate surface area is 128 Å². The van der Waals surface area contributed by atoms with E-state index in [9.17, 15) is 14.3 Å². The number of aromatic hydroxyl groups is 1. The summed E-state index contributed by atoms with van der Waals surface area (Å²) in [6.07, 6.45) is 1.19. The molecular formula is C17H17FN2O2. The number of halogens is 1. The van der Waals surface area contributed by atoms with Crippen LogP contribution in [0.1, 0.15) is 11.1 Å². The molecule has 2 aromatic carbocycles. The summed E-state index contributed by atoms with van der Waals surface area (Å²) in [7, 11) is 0. The maximum atomic E-state index is 13.2. The Hall–Kier alpha value is -2.56. The molecule has 0 aromatic heterocycles. The van der Waals surface area contributed by atoms with Gasteiger partial charge in [0.1, 0.15) is 17.6 Å². The molecule has 0 saturated heterocycles. The Morgan fingerprint density at radius 3 is 2.82 bits per heavy atom. The highest BCUT2D eigenvalue weighted by atomic mass is 19.1. The van der Waals surface area contributed by atoms with Gasteiger partial charge in [-0.1, -0.05) is 12.1 Å². The number of amides is 1. The lowest BCUT2D eigenvalue weighted by Gasteiger charge is -2.12. The number of hydrogen-bond donors (Lipinski definition) is 3. The number of carbonyl (C=O) groups excluding carboxylic acids is 1. The summed E-state index contributed by atoms with van der Waals surface area (Å²) in [5.74, 6) is -0.141. The highest BCUT2D eigenvalue weighted by Gasteiger charge is 2.26. The van der Waals surface area contributed by atoms with E-state index in [-0.39, 0.29) is 23.5 Å². The van der Waals surface area contributed by atoms with Crippen LogP contribution in [0.4, 0.5) is 10.1 Å². The summed E-state index contributed by atoms with van der Waals surface area (Å²) in [5, 5.41) is 15.2. The third-order valence-corrected chi connectivity index (χ3v) is 3.79. The zero-order chi connectivity index (χ0) is 15.5. The van der Waals surface area contributed by atoms with Crippen molar-refractivity contribution in [3.63, 3.8) is 0 Å². The predicted molar refractivity (Wildman–Crippen MR) is 82.3 cm³/mol. The summed E-state index contributed by atoms with van der Waals surface area (Å²) in [5.41, 5.74) is 2.70. The molecule has 1 aliphatic rings. The maximum Gasteiger partial charge on any atom is 0.242 e. The van der Waals surface area contributed by atoms with Crippen molar-refractivity contribution < 1.29 is 14.3 Å². The Balaban J connectivity index is 1.50. The van der Waals surface area contributed by atoms with Crippen LogP contribution in [-0.2, 0) is 17.6 Å². The summed E-state index contributed by atoms with van der Waals surface area (Å²) < 4.78 is 13.2. The van der Waals surface area contributed by atoms with Gasteiger partial charge in [-0.3, -0.25) is 4.79 Å². The fourth-order valence-electron chi connectivity index (χ4n) is 2.60. The van der Waals surface area contributed by atoms with Crippen molar-refractivity contribution in [1.82, 2.24) is 5.32 Å². The molecule has 5 heteroatoms. The van der Waals surface area contributed by atoms with Crippen molar-refractivity contribution >= 4 is 11.6 Å². The highest BCUT2D eigenvalue weighted by Crippen LogP contribution is 2.26. The molecule has 1 amide bonds. The van der Waals surface area contributed by atoms with Gasteiger partial charge in [0, 0.05) is 18.7 Å². The van der Waals surface area contributed by atoms with E-state index in [1.807, 2.05) is 12.1 Å². The van der Waals surface area contributed by atoms with Crippen LogP contribution in [0.5, 0.6) is 5.75 Å². The molecule has 3 N–H and O–H groups in total. The minimum Gasteiger partial charge on any atom is -0.508 e. The molecular weight excluding hydrogens is 283 g/mol. The molecule has 1 aliphatic heterocycles. The lowest BCUT2D eigenvalue weighted by atomic mass is 10.1. The lowest BCUT2D eigenvalue weighted by molar-refractivity contribution is -0.121. The molecule has 22 heavy (non-hydrogen) atoms. The molecule has 4 nitrogen and oxygen atoms in total. The summed E-state index contributed by atoms with van der Waals surface area (Å²) >= 11 is 0. The molecule has 0 radical (unpaired) electrons. The molecule has 0 fully saturated rings. The van der Waals surface area contributed by atoms with E-state index in [1.54, 1.807) is 18.2 Å². The first kappa shape index (κ1) is 14.4. The van der Waals surface area contributed by atoms with Gasteiger partial charge in [0.2, 0.25) is 5.91 Å². The van der Waals surface area contributed by atoms with Gasteiger partial charge in [-0.15, -0.1) is 0 Å². The van der Waals surface area contributed by atoms with Crippen LogP contribution in [-0.4, -0.2) is 23.6 Å². The zero-order valence-electron chi connectivity index (χ0n) is 12.0. The first-order chi connectivity index (χ1) is 10.6. The number of hydrogen-bond acceptors (Lipinski definition) is 3. The van der Waals surface area contributed by atoms with E-state index in [0.717, 1.165) is 16.8 Å². The van der Waals surface area contributed by atoms with Gasteiger partial charge < -0.3 is 15.7 Å². The molecule has 0 saturated carbocycles.